The van der Waals surface area contributed by atoms with E-state index in [9.17, 15) is 0 Å². The van der Waals surface area contributed by atoms with E-state index in [0.717, 1.165) is 13.0 Å². The standard InChI is InChI=1S/C11H18N3P3/c1-12-11-9(6-7-13(15)16)8-4-2-3-5-10(8)14(11)17/h2-5,12H,6-7,15-17H2,1H3. The van der Waals surface area contributed by atoms with E-state index in [-0.39, 0.29) is 0 Å². The van der Waals surface area contributed by atoms with Crippen LogP contribution in [0.2, 0.25) is 0 Å². The SMILES string of the molecule is CNc1c(CCN(P)P)c2ccccc2n1P. The molecule has 0 saturated carbocycles. The Kier molecular flexibility index (Phi) is 4.39. The van der Waals surface area contributed by atoms with Crippen molar-refractivity contribution < 1.29 is 0 Å². The number of hydrogen-bond acceptors (Lipinski definition) is 2. The zero-order valence-corrected chi connectivity index (χ0v) is 13.3. The van der Waals surface area contributed by atoms with Gasteiger partial charge >= 0.3 is 0 Å². The summed E-state index contributed by atoms with van der Waals surface area (Å²) < 4.78 is 4.19. The summed E-state index contributed by atoms with van der Waals surface area (Å²) in [7, 11) is 10.1. The van der Waals surface area contributed by atoms with Gasteiger partial charge in [0.1, 0.15) is 5.82 Å². The molecule has 0 aliphatic heterocycles. The van der Waals surface area contributed by atoms with Gasteiger partial charge in [0.15, 0.2) is 0 Å². The highest BCUT2D eigenvalue weighted by atomic mass is 31.1. The number of para-hydroxylation sites is 1. The van der Waals surface area contributed by atoms with Gasteiger partial charge in [0.05, 0.1) is 5.52 Å². The Morgan fingerprint density at radius 3 is 2.65 bits per heavy atom. The number of rotatable bonds is 4. The molecule has 1 N–H and O–H groups in total. The fraction of sp³-hybridized carbons (Fsp3) is 0.273. The Labute approximate surface area is 109 Å². The molecule has 1 aromatic carbocycles. The molecule has 3 unspecified atom stereocenters. The summed E-state index contributed by atoms with van der Waals surface area (Å²) in [5.41, 5.74) is 2.61. The minimum Gasteiger partial charge on any atom is -0.374 e. The molecule has 92 valence electrons. The Morgan fingerprint density at radius 2 is 2.00 bits per heavy atom. The van der Waals surface area contributed by atoms with Crippen molar-refractivity contribution in [3.05, 3.63) is 29.8 Å². The van der Waals surface area contributed by atoms with Crippen molar-refractivity contribution in [1.82, 2.24) is 8.78 Å². The second kappa shape index (κ2) is 5.63. The van der Waals surface area contributed by atoms with Crippen molar-refractivity contribution in [2.75, 3.05) is 18.9 Å². The Hall–Kier alpha value is -0.190. The third-order valence-electron chi connectivity index (χ3n) is 2.87. The van der Waals surface area contributed by atoms with Crippen molar-refractivity contribution >= 4 is 44.9 Å². The zero-order chi connectivity index (χ0) is 12.4. The van der Waals surface area contributed by atoms with Crippen LogP contribution in [0.3, 0.4) is 0 Å². The minimum atomic E-state index is 0.989. The average molecular weight is 285 g/mol. The van der Waals surface area contributed by atoms with Gasteiger partial charge in [0.25, 0.3) is 0 Å². The highest BCUT2D eigenvalue weighted by molar-refractivity contribution is 7.30. The monoisotopic (exact) mass is 285 g/mol. The number of anilines is 1. The van der Waals surface area contributed by atoms with Gasteiger partial charge < -0.3 is 9.65 Å². The van der Waals surface area contributed by atoms with E-state index in [1.807, 2.05) is 11.5 Å². The normalized spacial score (nSPS) is 11.4. The lowest BCUT2D eigenvalue weighted by Crippen LogP contribution is -2.04. The third kappa shape index (κ3) is 2.64. The summed E-state index contributed by atoms with van der Waals surface area (Å²) in [4.78, 5) is 0. The van der Waals surface area contributed by atoms with Crippen molar-refractivity contribution in [2.45, 2.75) is 6.42 Å². The fourth-order valence-electron chi connectivity index (χ4n) is 2.10. The molecule has 17 heavy (non-hydrogen) atoms. The number of hydrogen-bond donors (Lipinski definition) is 1. The second-order valence-electron chi connectivity index (χ2n) is 3.95. The molecule has 0 amide bonds. The summed E-state index contributed by atoms with van der Waals surface area (Å²) in [5, 5.41) is 4.61. The molecule has 2 aromatic rings. The molecule has 0 bridgehead atoms. The highest BCUT2D eigenvalue weighted by Gasteiger charge is 2.13. The van der Waals surface area contributed by atoms with Crippen molar-refractivity contribution in [3.8, 4) is 0 Å². The summed E-state index contributed by atoms with van der Waals surface area (Å²) in [6.07, 6.45) is 1.02. The van der Waals surface area contributed by atoms with E-state index in [4.69, 9.17) is 0 Å². The third-order valence-corrected chi connectivity index (χ3v) is 3.93. The number of fused-ring (bicyclic) bond motifs is 1. The number of aromatic nitrogens is 1. The number of benzene rings is 1. The van der Waals surface area contributed by atoms with Crippen LogP contribution in [0, 0.1) is 0 Å². The summed E-state index contributed by atoms with van der Waals surface area (Å²) in [6, 6.07) is 8.49. The molecule has 0 aliphatic rings. The van der Waals surface area contributed by atoms with Crippen molar-refractivity contribution in [1.29, 1.82) is 0 Å². The molecule has 1 aromatic heterocycles. The number of nitrogens with one attached hydrogen (secondary N) is 1. The van der Waals surface area contributed by atoms with E-state index < -0.39 is 0 Å². The second-order valence-corrected chi connectivity index (χ2v) is 6.39. The average Bonchev–Trinajstić information content (AvgIpc) is 2.60. The maximum atomic E-state index is 3.29. The Morgan fingerprint density at radius 1 is 1.29 bits per heavy atom. The van der Waals surface area contributed by atoms with E-state index >= 15 is 0 Å². The number of nitrogens with zero attached hydrogens (tertiary/aromatic N) is 2. The van der Waals surface area contributed by atoms with Crippen molar-refractivity contribution in [2.24, 2.45) is 0 Å². The Bertz CT molecular complexity index is 522. The van der Waals surface area contributed by atoms with Gasteiger partial charge in [-0.1, -0.05) is 37.0 Å². The molecular formula is C11H18N3P3. The smallest absolute Gasteiger partial charge is 0.112 e. The van der Waals surface area contributed by atoms with Crippen LogP contribution in [0.4, 0.5) is 5.82 Å². The predicted molar refractivity (Wildman–Crippen MR) is 86.4 cm³/mol. The summed E-state index contributed by atoms with van der Waals surface area (Å²) in [6.45, 7) is 0.989. The van der Waals surface area contributed by atoms with Crippen LogP contribution in [0.1, 0.15) is 5.56 Å². The first-order valence-electron chi connectivity index (χ1n) is 5.47. The maximum Gasteiger partial charge on any atom is 0.112 e. The largest absolute Gasteiger partial charge is 0.374 e. The van der Waals surface area contributed by atoms with Crippen LogP contribution in [0.5, 0.6) is 0 Å². The maximum absolute atomic E-state index is 3.29. The molecule has 3 atom stereocenters. The van der Waals surface area contributed by atoms with Gasteiger partial charge in [0, 0.05) is 24.5 Å². The molecule has 0 fully saturated rings. The first-order chi connectivity index (χ1) is 8.15. The first kappa shape index (κ1) is 13.2. The molecule has 2 rings (SSSR count). The van der Waals surface area contributed by atoms with Gasteiger partial charge in [-0.3, -0.25) is 4.44 Å². The molecule has 0 spiro atoms. The van der Waals surface area contributed by atoms with Crippen LogP contribution in [-0.4, -0.2) is 22.4 Å². The van der Waals surface area contributed by atoms with E-state index in [0.29, 0.717) is 0 Å². The van der Waals surface area contributed by atoms with E-state index in [2.05, 4.69) is 62.1 Å². The first-order valence-corrected chi connectivity index (χ1v) is 7.02. The van der Waals surface area contributed by atoms with E-state index in [1.165, 1.54) is 22.3 Å². The lowest BCUT2D eigenvalue weighted by atomic mass is 10.1. The molecule has 0 aliphatic carbocycles. The summed E-state index contributed by atoms with van der Waals surface area (Å²) in [5.74, 6) is 1.17. The molecule has 3 nitrogen and oxygen atoms in total. The van der Waals surface area contributed by atoms with E-state index in [1.54, 1.807) is 0 Å². The Balaban J connectivity index is 2.51. The van der Waals surface area contributed by atoms with Crippen LogP contribution in [0.15, 0.2) is 24.3 Å². The van der Waals surface area contributed by atoms with Gasteiger partial charge in [-0.15, -0.1) is 0 Å². The molecule has 0 radical (unpaired) electrons. The highest BCUT2D eigenvalue weighted by Crippen LogP contribution is 2.32. The van der Waals surface area contributed by atoms with Crippen LogP contribution in [-0.2, 0) is 6.42 Å². The lowest BCUT2D eigenvalue weighted by Gasteiger charge is -2.10. The minimum absolute atomic E-state index is 0.989. The van der Waals surface area contributed by atoms with Crippen LogP contribution >= 0.6 is 28.2 Å². The van der Waals surface area contributed by atoms with Crippen molar-refractivity contribution in [3.63, 3.8) is 0 Å². The van der Waals surface area contributed by atoms with Gasteiger partial charge in [-0.2, -0.15) is 0 Å². The van der Waals surface area contributed by atoms with Crippen LogP contribution in [0.25, 0.3) is 10.9 Å². The predicted octanol–water partition coefficient (Wildman–Crippen LogP) is 2.75. The van der Waals surface area contributed by atoms with Gasteiger partial charge in [-0.05, 0) is 21.9 Å². The van der Waals surface area contributed by atoms with Crippen LogP contribution < -0.4 is 5.32 Å². The van der Waals surface area contributed by atoms with Gasteiger partial charge in [0.2, 0.25) is 0 Å². The topological polar surface area (TPSA) is 20.2 Å². The quantitative estimate of drug-likeness (QED) is 0.872. The molecule has 0 saturated heterocycles. The zero-order valence-electron chi connectivity index (χ0n) is 9.85. The fourth-order valence-corrected chi connectivity index (χ4v) is 2.87. The molecular weight excluding hydrogens is 267 g/mol. The lowest BCUT2D eigenvalue weighted by molar-refractivity contribution is 0.729. The molecule has 1 heterocycles. The summed E-state index contributed by atoms with van der Waals surface area (Å²) >= 11 is 0. The molecule has 6 heteroatoms. The van der Waals surface area contributed by atoms with Gasteiger partial charge in [-0.25, -0.2) is 0 Å².